The molecule has 0 atom stereocenters. The Balaban J connectivity index is 2.43. The number of rotatable bonds is 4. The molecule has 0 amide bonds. The molecule has 0 bridgehead atoms. The molecule has 0 aromatic rings. The Morgan fingerprint density at radius 2 is 2.50 bits per heavy atom. The molecule has 0 aliphatic carbocycles. The van der Waals surface area contributed by atoms with Crippen LogP contribution in [0.2, 0.25) is 0 Å². The second-order valence-corrected chi connectivity index (χ2v) is 2.87. The van der Waals surface area contributed by atoms with Gasteiger partial charge in [0, 0.05) is 12.4 Å². The van der Waals surface area contributed by atoms with Crippen LogP contribution in [0, 0.1) is 0 Å². The molecular weight excluding hydrogens is 180 g/mol. The zero-order chi connectivity index (χ0) is 10.2. The predicted molar refractivity (Wildman–Crippen MR) is 55.8 cm³/mol. The van der Waals surface area contributed by atoms with Gasteiger partial charge in [0.25, 0.3) is 0 Å². The predicted octanol–water partition coefficient (Wildman–Crippen LogP) is 1.37. The Kier molecular flexibility index (Phi) is 4.61. The Hall–Kier alpha value is -1.45. The van der Waals surface area contributed by atoms with E-state index in [9.17, 15) is 4.79 Å². The number of carbonyl (C=O) groups is 1. The van der Waals surface area contributed by atoms with Gasteiger partial charge in [0.2, 0.25) is 0 Å². The van der Waals surface area contributed by atoms with Crippen molar-refractivity contribution in [2.24, 2.45) is 9.98 Å². The number of unbranched alkanes of at least 4 members (excludes halogenated alkanes) is 1. The van der Waals surface area contributed by atoms with Crippen molar-refractivity contribution in [1.82, 2.24) is 0 Å². The molecule has 14 heavy (non-hydrogen) atoms. The van der Waals surface area contributed by atoms with Gasteiger partial charge in [0.05, 0.1) is 13.2 Å². The van der Waals surface area contributed by atoms with Crippen molar-refractivity contribution in [3.05, 3.63) is 11.8 Å². The quantitative estimate of drug-likeness (QED) is 0.501. The van der Waals surface area contributed by atoms with E-state index in [-0.39, 0.29) is 5.97 Å². The van der Waals surface area contributed by atoms with E-state index in [1.54, 1.807) is 18.5 Å². The molecule has 1 rings (SSSR count). The first-order valence-electron chi connectivity index (χ1n) is 4.74. The van der Waals surface area contributed by atoms with Gasteiger partial charge in [-0.05, 0) is 12.5 Å². The van der Waals surface area contributed by atoms with E-state index in [2.05, 4.69) is 9.98 Å². The van der Waals surface area contributed by atoms with Gasteiger partial charge in [0.15, 0.2) is 0 Å². The van der Waals surface area contributed by atoms with Crippen LogP contribution in [0.3, 0.4) is 0 Å². The van der Waals surface area contributed by atoms with E-state index in [1.807, 2.05) is 6.92 Å². The number of carbonyl (C=O) groups excluding carboxylic acids is 1. The molecule has 0 radical (unpaired) electrons. The summed E-state index contributed by atoms with van der Waals surface area (Å²) in [5.41, 5.74) is 0.322. The van der Waals surface area contributed by atoms with Gasteiger partial charge < -0.3 is 4.74 Å². The normalized spacial score (nSPS) is 14.8. The number of esters is 1. The molecule has 0 fully saturated rings. The Morgan fingerprint density at radius 1 is 1.64 bits per heavy atom. The van der Waals surface area contributed by atoms with Crippen LogP contribution in [0.1, 0.15) is 19.8 Å². The number of allylic oxidation sites excluding steroid dienone is 1. The highest BCUT2D eigenvalue weighted by atomic mass is 16.5. The summed E-state index contributed by atoms with van der Waals surface area (Å²) in [7, 11) is 0. The molecule has 1 heterocycles. The summed E-state index contributed by atoms with van der Waals surface area (Å²) in [6.07, 6.45) is 6.63. The lowest BCUT2D eigenvalue weighted by atomic mass is 10.3. The van der Waals surface area contributed by atoms with Crippen molar-refractivity contribution in [1.29, 1.82) is 0 Å². The van der Waals surface area contributed by atoms with E-state index in [0.717, 1.165) is 12.8 Å². The zero-order valence-corrected chi connectivity index (χ0v) is 8.27. The number of nitrogens with zero attached hydrogens (tertiary/aromatic N) is 2. The molecule has 1 aliphatic heterocycles. The third-order valence-corrected chi connectivity index (χ3v) is 1.70. The molecular formula is C10H14N2O2. The molecule has 1 aliphatic rings. The molecule has 0 saturated carbocycles. The van der Waals surface area contributed by atoms with E-state index >= 15 is 0 Å². The molecule has 0 aromatic heterocycles. The van der Waals surface area contributed by atoms with Crippen LogP contribution in [0.15, 0.2) is 21.8 Å². The van der Waals surface area contributed by atoms with Crippen LogP contribution in [-0.2, 0) is 9.53 Å². The van der Waals surface area contributed by atoms with Gasteiger partial charge in [-0.15, -0.1) is 0 Å². The second kappa shape index (κ2) is 6.07. The first kappa shape index (κ1) is 10.6. The van der Waals surface area contributed by atoms with Gasteiger partial charge in [-0.3, -0.25) is 9.98 Å². The lowest BCUT2D eigenvalue weighted by Crippen LogP contribution is -2.07. The summed E-state index contributed by atoms with van der Waals surface area (Å²) in [4.78, 5) is 19.2. The minimum atomic E-state index is -0.372. The van der Waals surface area contributed by atoms with Gasteiger partial charge >= 0.3 is 5.97 Å². The maximum Gasteiger partial charge on any atom is 0.356 e. The molecule has 4 heteroatoms. The summed E-state index contributed by atoms with van der Waals surface area (Å²) >= 11 is 0. The summed E-state index contributed by atoms with van der Waals surface area (Å²) < 4.78 is 4.99. The van der Waals surface area contributed by atoms with Gasteiger partial charge in [-0.2, -0.15) is 0 Å². The molecule has 0 unspecified atom stereocenters. The van der Waals surface area contributed by atoms with Crippen LogP contribution in [0.4, 0.5) is 0 Å². The van der Waals surface area contributed by atoms with Crippen molar-refractivity contribution in [3.8, 4) is 0 Å². The standard InChI is InChI=1S/C10H14N2O2/c1-2-3-8-14-10(13)9-4-5-11-6-7-12-9/h4-5,7H,2-3,6,8H2,1H3. The van der Waals surface area contributed by atoms with Crippen molar-refractivity contribution < 1.29 is 9.53 Å². The fourth-order valence-corrected chi connectivity index (χ4v) is 0.917. The Bertz CT molecular complexity index is 280. The third kappa shape index (κ3) is 3.51. The molecule has 4 nitrogen and oxygen atoms in total. The van der Waals surface area contributed by atoms with Gasteiger partial charge in [-0.25, -0.2) is 4.79 Å². The number of ether oxygens (including phenoxy) is 1. The molecule has 0 N–H and O–H groups in total. The number of hydrogen-bond donors (Lipinski definition) is 0. The van der Waals surface area contributed by atoms with Crippen molar-refractivity contribution in [2.45, 2.75) is 19.8 Å². The highest BCUT2D eigenvalue weighted by molar-refractivity contribution is 5.95. The minimum Gasteiger partial charge on any atom is -0.461 e. The Morgan fingerprint density at radius 3 is 3.29 bits per heavy atom. The molecule has 0 saturated heterocycles. The maximum atomic E-state index is 11.4. The van der Waals surface area contributed by atoms with Gasteiger partial charge in [-0.1, -0.05) is 13.3 Å². The molecule has 0 aromatic carbocycles. The topological polar surface area (TPSA) is 51.0 Å². The van der Waals surface area contributed by atoms with E-state index in [1.165, 1.54) is 0 Å². The highest BCUT2D eigenvalue weighted by Crippen LogP contribution is 2.01. The van der Waals surface area contributed by atoms with Crippen molar-refractivity contribution in [2.75, 3.05) is 13.2 Å². The van der Waals surface area contributed by atoms with Crippen LogP contribution in [-0.4, -0.2) is 31.6 Å². The average molecular weight is 194 g/mol. The van der Waals surface area contributed by atoms with Crippen molar-refractivity contribution >= 4 is 18.4 Å². The number of aliphatic imine (C=N–C) groups is 2. The zero-order valence-electron chi connectivity index (χ0n) is 8.27. The fraction of sp³-hybridized carbons (Fsp3) is 0.500. The van der Waals surface area contributed by atoms with E-state index in [0.29, 0.717) is 18.8 Å². The minimum absolute atomic E-state index is 0.322. The lowest BCUT2D eigenvalue weighted by Gasteiger charge is -2.02. The largest absolute Gasteiger partial charge is 0.461 e. The molecule has 76 valence electrons. The van der Waals surface area contributed by atoms with E-state index in [4.69, 9.17) is 4.74 Å². The summed E-state index contributed by atoms with van der Waals surface area (Å²) in [5.74, 6) is -0.372. The summed E-state index contributed by atoms with van der Waals surface area (Å²) in [5, 5.41) is 0. The van der Waals surface area contributed by atoms with Crippen LogP contribution >= 0.6 is 0 Å². The first-order valence-corrected chi connectivity index (χ1v) is 4.74. The number of hydrogen-bond acceptors (Lipinski definition) is 4. The van der Waals surface area contributed by atoms with Crippen LogP contribution in [0.25, 0.3) is 0 Å². The van der Waals surface area contributed by atoms with E-state index < -0.39 is 0 Å². The smallest absolute Gasteiger partial charge is 0.356 e. The molecule has 0 spiro atoms. The Labute approximate surface area is 83.4 Å². The third-order valence-electron chi connectivity index (χ3n) is 1.70. The van der Waals surface area contributed by atoms with Gasteiger partial charge in [0.1, 0.15) is 5.70 Å². The summed E-state index contributed by atoms with van der Waals surface area (Å²) in [6, 6.07) is 0. The maximum absolute atomic E-state index is 11.4. The van der Waals surface area contributed by atoms with Crippen molar-refractivity contribution in [3.63, 3.8) is 0 Å². The monoisotopic (exact) mass is 194 g/mol. The summed E-state index contributed by atoms with van der Waals surface area (Å²) in [6.45, 7) is 3.02. The van der Waals surface area contributed by atoms with Crippen LogP contribution in [0.5, 0.6) is 0 Å². The fourth-order valence-electron chi connectivity index (χ4n) is 0.917. The highest BCUT2D eigenvalue weighted by Gasteiger charge is 2.08. The average Bonchev–Trinajstić information content (AvgIpc) is 2.46. The first-order chi connectivity index (χ1) is 6.84. The van der Waals surface area contributed by atoms with Crippen LogP contribution < -0.4 is 0 Å². The second-order valence-electron chi connectivity index (χ2n) is 2.87. The lowest BCUT2D eigenvalue weighted by molar-refractivity contribution is -0.139. The SMILES string of the molecule is CCCCOC(=O)C1=CC=NCC=N1.